The van der Waals surface area contributed by atoms with Gasteiger partial charge in [-0.25, -0.2) is 0 Å². The fourth-order valence-corrected chi connectivity index (χ4v) is 9.99. The van der Waals surface area contributed by atoms with Crippen molar-refractivity contribution in [3.8, 4) is 0 Å². The average molecular weight is 975 g/mol. The molecule has 0 bridgehead atoms. The Bertz CT molecular complexity index is 1030. The SMILES string of the molecule is CCCCCCCCCCCCCCCCCC(O)C(CO)NC(=O)CCCCCCCCCC/C=C\CCCCCCCCCCCCCCOC(=O)CCCCCCCCCCCCCCC. The van der Waals surface area contributed by atoms with Gasteiger partial charge in [-0.05, 0) is 51.4 Å². The molecule has 0 rings (SSSR count). The molecule has 0 aliphatic rings. The molecule has 2 unspecified atom stereocenters. The molecule has 3 N–H and O–H groups in total. The second-order valence-corrected chi connectivity index (χ2v) is 21.7. The maximum absolute atomic E-state index is 12.5. The van der Waals surface area contributed by atoms with Crippen molar-refractivity contribution >= 4 is 11.9 Å². The zero-order chi connectivity index (χ0) is 50.0. The summed E-state index contributed by atoms with van der Waals surface area (Å²) in [6.07, 6.45) is 70.8. The van der Waals surface area contributed by atoms with Crippen LogP contribution in [0.4, 0.5) is 0 Å². The highest BCUT2D eigenvalue weighted by molar-refractivity contribution is 5.76. The van der Waals surface area contributed by atoms with Crippen LogP contribution in [0.25, 0.3) is 0 Å². The number of aliphatic hydroxyl groups excluding tert-OH is 2. The molecule has 69 heavy (non-hydrogen) atoms. The summed E-state index contributed by atoms with van der Waals surface area (Å²) in [5.74, 6) is -0.0223. The van der Waals surface area contributed by atoms with E-state index in [0.29, 0.717) is 25.9 Å². The van der Waals surface area contributed by atoms with Gasteiger partial charge in [0.2, 0.25) is 5.91 Å². The Morgan fingerprint density at radius 3 is 1.03 bits per heavy atom. The van der Waals surface area contributed by atoms with Gasteiger partial charge >= 0.3 is 5.97 Å². The molecule has 2 atom stereocenters. The lowest BCUT2D eigenvalue weighted by molar-refractivity contribution is -0.143. The second kappa shape index (κ2) is 59.2. The number of rotatable bonds is 59. The van der Waals surface area contributed by atoms with Crippen LogP contribution in [0.15, 0.2) is 12.2 Å². The number of unbranched alkanes of at least 4 members (excludes halogenated alkanes) is 46. The van der Waals surface area contributed by atoms with Gasteiger partial charge in [-0.3, -0.25) is 9.59 Å². The number of hydrogen-bond acceptors (Lipinski definition) is 5. The van der Waals surface area contributed by atoms with Crippen LogP contribution in [0.1, 0.15) is 354 Å². The first-order valence-corrected chi connectivity index (χ1v) is 31.4. The molecule has 410 valence electrons. The standard InChI is InChI=1S/C63H123NO5/c1-3-5-7-9-11-13-15-17-28-32-35-39-43-47-51-55-61(66)60(59-65)64-62(67)56-52-48-44-40-36-33-29-26-24-22-20-18-19-21-23-25-27-30-34-38-42-46-50-54-58-69-63(68)57-53-49-45-41-37-31-16-14-12-10-8-6-4-2/h20,22,60-61,65-66H,3-19,21,23-59H2,1-2H3,(H,64,67)/b22-20-. The summed E-state index contributed by atoms with van der Waals surface area (Å²) in [7, 11) is 0. The van der Waals surface area contributed by atoms with Gasteiger partial charge < -0.3 is 20.3 Å². The van der Waals surface area contributed by atoms with E-state index >= 15 is 0 Å². The number of esters is 1. The Hall–Kier alpha value is -1.40. The van der Waals surface area contributed by atoms with Gasteiger partial charge in [-0.1, -0.05) is 302 Å². The highest BCUT2D eigenvalue weighted by Crippen LogP contribution is 2.18. The predicted molar refractivity (Wildman–Crippen MR) is 301 cm³/mol. The molecule has 0 spiro atoms. The van der Waals surface area contributed by atoms with E-state index in [2.05, 4.69) is 31.3 Å². The number of carbonyl (C=O) groups is 2. The third-order valence-electron chi connectivity index (χ3n) is 14.8. The number of aliphatic hydroxyl groups is 2. The van der Waals surface area contributed by atoms with Gasteiger partial charge in [0.05, 0.1) is 25.4 Å². The van der Waals surface area contributed by atoms with Crippen LogP contribution < -0.4 is 5.32 Å². The highest BCUT2D eigenvalue weighted by atomic mass is 16.5. The van der Waals surface area contributed by atoms with Crippen molar-refractivity contribution in [1.29, 1.82) is 0 Å². The summed E-state index contributed by atoms with van der Waals surface area (Å²) in [6, 6.07) is -0.544. The second-order valence-electron chi connectivity index (χ2n) is 21.7. The third-order valence-corrected chi connectivity index (χ3v) is 14.8. The van der Waals surface area contributed by atoms with Crippen LogP contribution in [0.2, 0.25) is 0 Å². The van der Waals surface area contributed by atoms with E-state index in [9.17, 15) is 19.8 Å². The van der Waals surface area contributed by atoms with Crippen LogP contribution in [0.3, 0.4) is 0 Å². The van der Waals surface area contributed by atoms with E-state index in [4.69, 9.17) is 4.74 Å². The van der Waals surface area contributed by atoms with E-state index in [1.54, 1.807) is 0 Å². The molecule has 0 fully saturated rings. The molecule has 0 aliphatic heterocycles. The molecule has 0 radical (unpaired) electrons. The summed E-state index contributed by atoms with van der Waals surface area (Å²) in [5, 5.41) is 23.3. The molecule has 0 aromatic rings. The van der Waals surface area contributed by atoms with Crippen LogP contribution in [0, 0.1) is 0 Å². The van der Waals surface area contributed by atoms with Crippen molar-refractivity contribution in [3.05, 3.63) is 12.2 Å². The molecule has 0 aromatic carbocycles. The smallest absolute Gasteiger partial charge is 0.305 e. The van der Waals surface area contributed by atoms with E-state index in [0.717, 1.165) is 38.5 Å². The maximum atomic E-state index is 12.5. The highest BCUT2D eigenvalue weighted by Gasteiger charge is 2.20. The normalized spacial score (nSPS) is 12.6. The van der Waals surface area contributed by atoms with Gasteiger partial charge in [0, 0.05) is 12.8 Å². The Labute approximate surface area is 431 Å². The first kappa shape index (κ1) is 67.6. The van der Waals surface area contributed by atoms with Crippen LogP contribution in [-0.2, 0) is 14.3 Å². The zero-order valence-corrected chi connectivity index (χ0v) is 46.8. The van der Waals surface area contributed by atoms with E-state index in [-0.39, 0.29) is 18.5 Å². The Morgan fingerprint density at radius 2 is 0.681 bits per heavy atom. The fourth-order valence-electron chi connectivity index (χ4n) is 9.99. The van der Waals surface area contributed by atoms with Gasteiger partial charge in [-0.15, -0.1) is 0 Å². The lowest BCUT2D eigenvalue weighted by atomic mass is 10.0. The number of carbonyl (C=O) groups excluding carboxylic acids is 2. The van der Waals surface area contributed by atoms with Crippen molar-refractivity contribution < 1.29 is 24.5 Å². The largest absolute Gasteiger partial charge is 0.466 e. The topological polar surface area (TPSA) is 95.9 Å². The van der Waals surface area contributed by atoms with Crippen LogP contribution >= 0.6 is 0 Å². The van der Waals surface area contributed by atoms with Crippen LogP contribution in [0.5, 0.6) is 0 Å². The Balaban J connectivity index is 3.39. The van der Waals surface area contributed by atoms with Crippen molar-refractivity contribution in [2.24, 2.45) is 0 Å². The molecule has 0 saturated carbocycles. The Kier molecular flexibility index (Phi) is 58.0. The van der Waals surface area contributed by atoms with Crippen molar-refractivity contribution in [3.63, 3.8) is 0 Å². The van der Waals surface area contributed by atoms with Gasteiger partial charge in [-0.2, -0.15) is 0 Å². The minimum absolute atomic E-state index is 0.0147. The van der Waals surface area contributed by atoms with Gasteiger partial charge in [0.15, 0.2) is 0 Å². The van der Waals surface area contributed by atoms with Crippen molar-refractivity contribution in [2.45, 2.75) is 366 Å². The van der Waals surface area contributed by atoms with Gasteiger partial charge in [0.1, 0.15) is 0 Å². The molecular formula is C63H123NO5. The molecular weight excluding hydrogens is 851 g/mol. The number of nitrogens with one attached hydrogen (secondary N) is 1. The average Bonchev–Trinajstić information content (AvgIpc) is 3.35. The van der Waals surface area contributed by atoms with E-state index in [1.807, 2.05) is 0 Å². The maximum Gasteiger partial charge on any atom is 0.305 e. The third kappa shape index (κ3) is 55.8. The summed E-state index contributed by atoms with van der Waals surface area (Å²) in [5.41, 5.74) is 0. The molecule has 6 nitrogen and oxygen atoms in total. The van der Waals surface area contributed by atoms with E-state index < -0.39 is 12.1 Å². The van der Waals surface area contributed by atoms with Gasteiger partial charge in [0.25, 0.3) is 0 Å². The molecule has 0 aliphatic carbocycles. The Morgan fingerprint density at radius 1 is 0.391 bits per heavy atom. The fraction of sp³-hybridized carbons (Fsp3) is 0.937. The first-order valence-electron chi connectivity index (χ1n) is 31.4. The predicted octanol–water partition coefficient (Wildman–Crippen LogP) is 19.6. The molecule has 6 heteroatoms. The number of hydrogen-bond donors (Lipinski definition) is 3. The number of ether oxygens (including phenoxy) is 1. The molecule has 0 heterocycles. The number of allylic oxidation sites excluding steroid dienone is 2. The summed E-state index contributed by atoms with van der Waals surface area (Å²) in [4.78, 5) is 24.5. The van der Waals surface area contributed by atoms with Crippen molar-refractivity contribution in [2.75, 3.05) is 13.2 Å². The first-order chi connectivity index (χ1) is 34.0. The van der Waals surface area contributed by atoms with Crippen LogP contribution in [-0.4, -0.2) is 47.4 Å². The lowest BCUT2D eigenvalue weighted by Crippen LogP contribution is -2.45. The van der Waals surface area contributed by atoms with E-state index in [1.165, 1.54) is 283 Å². The summed E-state index contributed by atoms with van der Waals surface area (Å²) in [6.45, 7) is 4.98. The summed E-state index contributed by atoms with van der Waals surface area (Å²) >= 11 is 0. The molecule has 0 saturated heterocycles. The lowest BCUT2D eigenvalue weighted by Gasteiger charge is -2.22. The minimum Gasteiger partial charge on any atom is -0.466 e. The summed E-state index contributed by atoms with van der Waals surface area (Å²) < 4.78 is 5.48. The molecule has 0 aromatic heterocycles. The zero-order valence-electron chi connectivity index (χ0n) is 46.8. The van der Waals surface area contributed by atoms with Crippen molar-refractivity contribution in [1.82, 2.24) is 5.32 Å². The number of amides is 1. The molecule has 1 amide bonds. The minimum atomic E-state index is -0.666. The monoisotopic (exact) mass is 974 g/mol. The quantitative estimate of drug-likeness (QED) is 0.0321.